The fourth-order valence-corrected chi connectivity index (χ4v) is 1.72. The number of aromatic nitrogens is 3. The maximum absolute atomic E-state index is 11.3. The van der Waals surface area contributed by atoms with Gasteiger partial charge in [-0.1, -0.05) is 28.4 Å². The molecule has 0 saturated heterocycles. The highest BCUT2D eigenvalue weighted by molar-refractivity contribution is 6.31. The summed E-state index contributed by atoms with van der Waals surface area (Å²) >= 11 is 17.0. The number of carbonyl (C=O) groups is 1. The van der Waals surface area contributed by atoms with E-state index in [1.54, 1.807) is 18.2 Å². The van der Waals surface area contributed by atoms with Crippen molar-refractivity contribution in [2.24, 2.45) is 0 Å². The maximum atomic E-state index is 11.3. The molecule has 5 nitrogen and oxygen atoms in total. The Hall–Kier alpha value is -1.30. The molecular weight excluding hydrogens is 298 g/mol. The van der Waals surface area contributed by atoms with Gasteiger partial charge in [0, 0.05) is 5.02 Å². The Morgan fingerprint density at radius 1 is 1.39 bits per heavy atom. The molecule has 0 aliphatic rings. The second-order valence-corrected chi connectivity index (χ2v) is 4.42. The first-order valence-electron chi connectivity index (χ1n) is 4.84. The van der Waals surface area contributed by atoms with Gasteiger partial charge in [-0.2, -0.15) is 0 Å². The molecule has 1 aromatic heterocycles. The van der Waals surface area contributed by atoms with E-state index in [0.717, 1.165) is 0 Å². The molecule has 1 amide bonds. The molecule has 2 rings (SSSR count). The first-order chi connectivity index (χ1) is 8.60. The van der Waals surface area contributed by atoms with Crippen molar-refractivity contribution >= 4 is 46.4 Å². The van der Waals surface area contributed by atoms with Crippen molar-refractivity contribution in [2.75, 3.05) is 11.2 Å². The Bertz CT molecular complexity index is 584. The number of anilines is 1. The van der Waals surface area contributed by atoms with Crippen LogP contribution in [0.3, 0.4) is 0 Å². The smallest absolute Gasteiger partial charge is 0.239 e. The van der Waals surface area contributed by atoms with Crippen LogP contribution in [-0.2, 0) is 4.79 Å². The van der Waals surface area contributed by atoms with E-state index in [4.69, 9.17) is 34.8 Å². The minimum absolute atomic E-state index is 0.149. The summed E-state index contributed by atoms with van der Waals surface area (Å²) in [4.78, 5) is 11.3. The quantitative estimate of drug-likeness (QED) is 0.887. The van der Waals surface area contributed by atoms with E-state index in [9.17, 15) is 4.79 Å². The van der Waals surface area contributed by atoms with Gasteiger partial charge in [0.05, 0.1) is 17.6 Å². The first kappa shape index (κ1) is 13.1. The zero-order chi connectivity index (χ0) is 13.1. The molecule has 0 saturated carbocycles. The molecule has 0 spiro atoms. The summed E-state index contributed by atoms with van der Waals surface area (Å²) in [5.41, 5.74) is 1.08. The van der Waals surface area contributed by atoms with Gasteiger partial charge in [-0.05, 0) is 18.2 Å². The normalized spacial score (nSPS) is 10.4. The standard InChI is InChI=1S/C10H7Cl3N4O/c11-4-10(18)14-7-3-6(12)1-2-8(7)17-5-9(13)15-16-17/h1-3,5H,4H2,(H,14,18). The minimum Gasteiger partial charge on any atom is -0.323 e. The van der Waals surface area contributed by atoms with Gasteiger partial charge in [0.2, 0.25) is 5.91 Å². The second kappa shape index (κ2) is 5.56. The summed E-state index contributed by atoms with van der Waals surface area (Å²) in [5, 5.41) is 10.8. The Balaban J connectivity index is 2.43. The van der Waals surface area contributed by atoms with Crippen molar-refractivity contribution in [3.05, 3.63) is 34.6 Å². The molecule has 0 fully saturated rings. The topological polar surface area (TPSA) is 59.8 Å². The number of alkyl halides is 1. The van der Waals surface area contributed by atoms with Crippen LogP contribution in [-0.4, -0.2) is 26.8 Å². The number of amides is 1. The maximum Gasteiger partial charge on any atom is 0.239 e. The van der Waals surface area contributed by atoms with Crippen molar-refractivity contribution in [3.8, 4) is 5.69 Å². The predicted octanol–water partition coefficient (Wildman–Crippen LogP) is 2.75. The molecule has 1 N–H and O–H groups in total. The van der Waals surface area contributed by atoms with Gasteiger partial charge < -0.3 is 5.32 Å². The van der Waals surface area contributed by atoms with Crippen LogP contribution in [0.1, 0.15) is 0 Å². The Kier molecular flexibility index (Phi) is 4.06. The molecule has 0 aliphatic carbocycles. The third-order valence-corrected chi connectivity index (χ3v) is 2.72. The zero-order valence-electron chi connectivity index (χ0n) is 8.90. The third-order valence-electron chi connectivity index (χ3n) is 2.07. The van der Waals surface area contributed by atoms with E-state index >= 15 is 0 Å². The summed E-state index contributed by atoms with van der Waals surface area (Å²) in [6.45, 7) is 0. The monoisotopic (exact) mass is 304 g/mol. The molecule has 0 radical (unpaired) electrons. The van der Waals surface area contributed by atoms with Crippen LogP contribution >= 0.6 is 34.8 Å². The summed E-state index contributed by atoms with van der Waals surface area (Å²) in [5.74, 6) is -0.490. The van der Waals surface area contributed by atoms with E-state index in [0.29, 0.717) is 16.4 Å². The molecule has 1 heterocycles. The summed E-state index contributed by atoms with van der Waals surface area (Å²) in [6.07, 6.45) is 1.52. The molecule has 0 bridgehead atoms. The number of nitrogens with one attached hydrogen (secondary N) is 1. The van der Waals surface area contributed by atoms with Crippen molar-refractivity contribution < 1.29 is 4.79 Å². The molecule has 8 heteroatoms. The van der Waals surface area contributed by atoms with E-state index in [2.05, 4.69) is 15.6 Å². The number of hydrogen-bond donors (Lipinski definition) is 1. The Morgan fingerprint density at radius 2 is 2.17 bits per heavy atom. The van der Waals surface area contributed by atoms with Gasteiger partial charge in [-0.15, -0.1) is 16.7 Å². The van der Waals surface area contributed by atoms with Crippen molar-refractivity contribution in [1.29, 1.82) is 0 Å². The molecule has 0 unspecified atom stereocenters. The molecule has 1 aromatic carbocycles. The lowest BCUT2D eigenvalue weighted by Crippen LogP contribution is -2.14. The van der Waals surface area contributed by atoms with Gasteiger partial charge in [-0.25, -0.2) is 4.68 Å². The average molecular weight is 306 g/mol. The molecule has 94 valence electrons. The first-order valence-corrected chi connectivity index (χ1v) is 6.13. The highest BCUT2D eigenvalue weighted by Gasteiger charge is 2.10. The van der Waals surface area contributed by atoms with Crippen LogP contribution in [0.15, 0.2) is 24.4 Å². The van der Waals surface area contributed by atoms with Crippen LogP contribution in [0.2, 0.25) is 10.2 Å². The molecule has 0 aliphatic heterocycles. The highest BCUT2D eigenvalue weighted by atomic mass is 35.5. The Labute approximate surface area is 118 Å². The lowest BCUT2D eigenvalue weighted by molar-refractivity contribution is -0.113. The number of hydrogen-bond acceptors (Lipinski definition) is 3. The molecule has 18 heavy (non-hydrogen) atoms. The fourth-order valence-electron chi connectivity index (χ4n) is 1.35. The van der Waals surface area contributed by atoms with Gasteiger partial charge in [0.15, 0.2) is 5.15 Å². The van der Waals surface area contributed by atoms with Gasteiger partial charge in [0.1, 0.15) is 5.88 Å². The summed E-state index contributed by atoms with van der Waals surface area (Å²) < 4.78 is 1.43. The van der Waals surface area contributed by atoms with Crippen LogP contribution in [0.4, 0.5) is 5.69 Å². The van der Waals surface area contributed by atoms with Crippen LogP contribution in [0.5, 0.6) is 0 Å². The molecule has 2 aromatic rings. The zero-order valence-corrected chi connectivity index (χ0v) is 11.2. The van der Waals surface area contributed by atoms with Crippen molar-refractivity contribution in [2.45, 2.75) is 0 Å². The number of halogens is 3. The SMILES string of the molecule is O=C(CCl)Nc1cc(Cl)ccc1-n1cc(Cl)nn1. The van der Waals surface area contributed by atoms with E-state index in [1.807, 2.05) is 0 Å². The third kappa shape index (κ3) is 2.93. The minimum atomic E-state index is -0.341. The Morgan fingerprint density at radius 3 is 2.78 bits per heavy atom. The molecular formula is C10H7Cl3N4O. The number of benzene rings is 1. The number of carbonyl (C=O) groups excluding carboxylic acids is 1. The second-order valence-electron chi connectivity index (χ2n) is 3.33. The lowest BCUT2D eigenvalue weighted by atomic mass is 10.2. The summed E-state index contributed by atoms with van der Waals surface area (Å²) in [6, 6.07) is 4.96. The van der Waals surface area contributed by atoms with Crippen molar-refractivity contribution in [3.63, 3.8) is 0 Å². The van der Waals surface area contributed by atoms with Gasteiger partial charge >= 0.3 is 0 Å². The highest BCUT2D eigenvalue weighted by Crippen LogP contribution is 2.24. The average Bonchev–Trinajstić information content (AvgIpc) is 2.75. The predicted molar refractivity (Wildman–Crippen MR) is 70.7 cm³/mol. The summed E-state index contributed by atoms with van der Waals surface area (Å²) in [7, 11) is 0. The van der Waals surface area contributed by atoms with Gasteiger partial charge in [-0.3, -0.25) is 4.79 Å². The van der Waals surface area contributed by atoms with Crippen molar-refractivity contribution in [1.82, 2.24) is 15.0 Å². The van der Waals surface area contributed by atoms with Crippen LogP contribution in [0.25, 0.3) is 5.69 Å². The molecule has 0 atom stereocenters. The van der Waals surface area contributed by atoms with Gasteiger partial charge in [0.25, 0.3) is 0 Å². The van der Waals surface area contributed by atoms with Crippen LogP contribution in [0, 0.1) is 0 Å². The van der Waals surface area contributed by atoms with E-state index in [1.165, 1.54) is 10.9 Å². The number of rotatable bonds is 3. The number of nitrogens with zero attached hydrogens (tertiary/aromatic N) is 3. The van der Waals surface area contributed by atoms with E-state index < -0.39 is 0 Å². The van der Waals surface area contributed by atoms with Crippen LogP contribution < -0.4 is 5.32 Å². The largest absolute Gasteiger partial charge is 0.323 e. The fraction of sp³-hybridized carbons (Fsp3) is 0.100. The lowest BCUT2D eigenvalue weighted by Gasteiger charge is -2.10. The van der Waals surface area contributed by atoms with E-state index in [-0.39, 0.29) is 16.9 Å².